The minimum atomic E-state index is -0.355. The lowest BCUT2D eigenvalue weighted by Crippen LogP contribution is -2.44. The number of hydrogen-bond acceptors (Lipinski definition) is 8. The third-order valence-corrected chi connectivity index (χ3v) is 10.2. The van der Waals surface area contributed by atoms with Crippen LogP contribution in [0, 0.1) is 0 Å². The minimum Gasteiger partial charge on any atom is -0.494 e. The normalized spacial score (nSPS) is 11.8. The molecule has 0 aliphatic carbocycles. The van der Waals surface area contributed by atoms with Gasteiger partial charge in [-0.25, -0.2) is 9.97 Å². The number of anilines is 1. The predicted octanol–water partition coefficient (Wildman–Crippen LogP) is 10.5. The number of nitrogens with zero attached hydrogens (tertiary/aromatic N) is 3. The van der Waals surface area contributed by atoms with Crippen LogP contribution < -0.4 is 15.4 Å². The number of aromatic nitrogens is 3. The first-order chi connectivity index (χ1) is 26.1. The number of imidazole rings is 1. The van der Waals surface area contributed by atoms with E-state index >= 15 is 0 Å². The molecule has 1 amide bonds. The highest BCUT2D eigenvalue weighted by Gasteiger charge is 2.21. The van der Waals surface area contributed by atoms with Gasteiger partial charge in [0.1, 0.15) is 16.9 Å². The standard InChI is InChI=1S/C26H31Cl2N3O3.C16H16N2OS/c1-4-33-14-11-26(2,3)30-25(32)20-7-5-19(6-8-20)17-34-24(16-31-13-12-29-18-31)22-10-9-21(27)15-23(22)28;1-3-19-13-8-9-14-15(10-13)20-16(18-14)11-4-6-12(17-2)7-5-11/h5-10,12-13,15,18,24H,4,11,14,16-17H2,1-3H3,(H,30,32);4-10,17H,3H2,1-2H3. The molecular weight excluding hydrogens is 741 g/mol. The monoisotopic (exact) mass is 787 g/mol. The highest BCUT2D eigenvalue weighted by Crippen LogP contribution is 2.33. The van der Waals surface area contributed by atoms with Gasteiger partial charge in [0.25, 0.3) is 5.91 Å². The van der Waals surface area contributed by atoms with E-state index in [0.717, 1.165) is 49.8 Å². The summed E-state index contributed by atoms with van der Waals surface area (Å²) in [6, 6.07) is 27.2. The molecule has 6 rings (SSSR count). The van der Waals surface area contributed by atoms with Gasteiger partial charge in [-0.1, -0.05) is 41.4 Å². The number of benzene rings is 4. The number of carbonyl (C=O) groups is 1. The van der Waals surface area contributed by atoms with E-state index < -0.39 is 0 Å². The summed E-state index contributed by atoms with van der Waals surface area (Å²) < 4.78 is 20.3. The Morgan fingerprint density at radius 2 is 1.74 bits per heavy atom. The van der Waals surface area contributed by atoms with Crippen LogP contribution in [0.15, 0.2) is 104 Å². The van der Waals surface area contributed by atoms with Crippen molar-refractivity contribution in [3.05, 3.63) is 130 Å². The summed E-state index contributed by atoms with van der Waals surface area (Å²) in [5, 5.41) is 8.36. The zero-order valence-electron chi connectivity index (χ0n) is 31.3. The highest BCUT2D eigenvalue weighted by molar-refractivity contribution is 7.21. The summed E-state index contributed by atoms with van der Waals surface area (Å²) in [5.74, 6) is 0.792. The Balaban J connectivity index is 0.000000237. The number of nitrogens with one attached hydrogen (secondary N) is 2. The van der Waals surface area contributed by atoms with Crippen LogP contribution in [0.2, 0.25) is 10.0 Å². The molecule has 4 aromatic carbocycles. The molecule has 0 aliphatic heterocycles. The molecule has 2 N–H and O–H groups in total. The molecule has 0 saturated carbocycles. The number of ether oxygens (including phenoxy) is 3. The van der Waals surface area contributed by atoms with Crippen LogP contribution in [-0.4, -0.2) is 52.8 Å². The second-order valence-electron chi connectivity index (χ2n) is 13.1. The molecule has 0 bridgehead atoms. The van der Waals surface area contributed by atoms with Crippen LogP contribution in [0.3, 0.4) is 0 Å². The Morgan fingerprint density at radius 1 is 0.963 bits per heavy atom. The third-order valence-electron chi connectivity index (χ3n) is 8.53. The number of amides is 1. The molecule has 0 spiro atoms. The molecule has 0 saturated heterocycles. The van der Waals surface area contributed by atoms with E-state index in [4.69, 9.17) is 37.4 Å². The molecule has 0 radical (unpaired) electrons. The zero-order chi connectivity index (χ0) is 38.5. The average Bonchev–Trinajstić information content (AvgIpc) is 3.84. The van der Waals surface area contributed by atoms with Crippen LogP contribution in [0.25, 0.3) is 20.8 Å². The molecule has 2 heterocycles. The Labute approximate surface area is 331 Å². The summed E-state index contributed by atoms with van der Waals surface area (Å²) in [5.41, 5.74) is 5.32. The fourth-order valence-electron chi connectivity index (χ4n) is 5.52. The van der Waals surface area contributed by atoms with Gasteiger partial charge in [0.15, 0.2) is 0 Å². The minimum absolute atomic E-state index is 0.111. The molecule has 1 atom stereocenters. The molecule has 6 aromatic rings. The van der Waals surface area contributed by atoms with E-state index in [2.05, 4.69) is 50.9 Å². The number of thiazole rings is 1. The maximum atomic E-state index is 12.7. The quantitative estimate of drug-likeness (QED) is 0.0942. The molecule has 12 heteroatoms. The Hall–Kier alpha value is -4.45. The smallest absolute Gasteiger partial charge is 0.251 e. The molecule has 0 aliphatic rings. The lowest BCUT2D eigenvalue weighted by Gasteiger charge is -2.26. The van der Waals surface area contributed by atoms with Gasteiger partial charge in [0.2, 0.25) is 0 Å². The fraction of sp³-hybridized carbons (Fsp3) is 0.310. The lowest BCUT2D eigenvalue weighted by atomic mass is 10.0. The van der Waals surface area contributed by atoms with Gasteiger partial charge >= 0.3 is 0 Å². The molecular formula is C42H47Cl2N5O4S. The van der Waals surface area contributed by atoms with Crippen LogP contribution in [0.1, 0.15) is 61.7 Å². The maximum absolute atomic E-state index is 12.7. The van der Waals surface area contributed by atoms with Crippen molar-refractivity contribution in [1.29, 1.82) is 0 Å². The summed E-state index contributed by atoms with van der Waals surface area (Å²) in [4.78, 5) is 21.5. The average molecular weight is 789 g/mol. The summed E-state index contributed by atoms with van der Waals surface area (Å²) in [6.07, 6.45) is 5.78. The van der Waals surface area contributed by atoms with E-state index in [1.807, 2.05) is 88.0 Å². The van der Waals surface area contributed by atoms with E-state index in [1.165, 1.54) is 0 Å². The van der Waals surface area contributed by atoms with Gasteiger partial charge in [-0.3, -0.25) is 4.79 Å². The first kappa shape index (κ1) is 40.7. The Kier molecular flexibility index (Phi) is 14.9. The van der Waals surface area contributed by atoms with E-state index in [-0.39, 0.29) is 17.6 Å². The number of fused-ring (bicyclic) bond motifs is 1. The van der Waals surface area contributed by atoms with Gasteiger partial charge < -0.3 is 29.4 Å². The number of carbonyl (C=O) groups excluding carboxylic acids is 1. The van der Waals surface area contributed by atoms with Crippen LogP contribution >= 0.6 is 34.5 Å². The van der Waals surface area contributed by atoms with E-state index in [0.29, 0.717) is 48.6 Å². The first-order valence-electron chi connectivity index (χ1n) is 17.9. The topological polar surface area (TPSA) is 99.5 Å². The summed E-state index contributed by atoms with van der Waals surface area (Å²) in [6.45, 7) is 10.8. The molecule has 2 aromatic heterocycles. The van der Waals surface area contributed by atoms with Crippen LogP contribution in [0.5, 0.6) is 5.75 Å². The van der Waals surface area contributed by atoms with Crippen LogP contribution in [0.4, 0.5) is 5.69 Å². The predicted molar refractivity (Wildman–Crippen MR) is 221 cm³/mol. The number of halogens is 2. The molecule has 9 nitrogen and oxygen atoms in total. The summed E-state index contributed by atoms with van der Waals surface area (Å²) in [7, 11) is 1.92. The zero-order valence-corrected chi connectivity index (χ0v) is 33.6. The van der Waals surface area contributed by atoms with Crippen molar-refractivity contribution < 1.29 is 19.0 Å². The molecule has 1 unspecified atom stereocenters. The van der Waals surface area contributed by atoms with E-state index in [9.17, 15) is 4.79 Å². The van der Waals surface area contributed by atoms with Crippen molar-refractivity contribution in [2.75, 3.05) is 32.2 Å². The van der Waals surface area contributed by atoms with Crippen molar-refractivity contribution in [3.8, 4) is 16.3 Å². The molecule has 284 valence electrons. The second kappa shape index (κ2) is 19.8. The van der Waals surface area contributed by atoms with Crippen LogP contribution in [-0.2, 0) is 22.6 Å². The van der Waals surface area contributed by atoms with Gasteiger partial charge in [0, 0.05) is 70.6 Å². The largest absolute Gasteiger partial charge is 0.494 e. The summed E-state index contributed by atoms with van der Waals surface area (Å²) >= 11 is 14.2. The molecule has 0 fully saturated rings. The van der Waals surface area contributed by atoms with Crippen molar-refractivity contribution >= 4 is 56.3 Å². The maximum Gasteiger partial charge on any atom is 0.251 e. The van der Waals surface area contributed by atoms with E-state index in [1.54, 1.807) is 36.0 Å². The van der Waals surface area contributed by atoms with Crippen molar-refractivity contribution in [1.82, 2.24) is 19.9 Å². The number of rotatable bonds is 16. The van der Waals surface area contributed by atoms with Crippen molar-refractivity contribution in [2.24, 2.45) is 0 Å². The van der Waals surface area contributed by atoms with Crippen molar-refractivity contribution in [3.63, 3.8) is 0 Å². The highest BCUT2D eigenvalue weighted by atomic mass is 35.5. The third kappa shape index (κ3) is 11.8. The Bertz CT molecular complexity index is 2070. The van der Waals surface area contributed by atoms with Gasteiger partial charge in [-0.15, -0.1) is 11.3 Å². The van der Waals surface area contributed by atoms with Gasteiger partial charge in [-0.05, 0) is 106 Å². The fourth-order valence-corrected chi connectivity index (χ4v) is 7.05. The lowest BCUT2D eigenvalue weighted by molar-refractivity contribution is 0.0280. The Morgan fingerprint density at radius 3 is 2.41 bits per heavy atom. The second-order valence-corrected chi connectivity index (χ2v) is 15.0. The van der Waals surface area contributed by atoms with Gasteiger partial charge in [-0.2, -0.15) is 0 Å². The van der Waals surface area contributed by atoms with Gasteiger partial charge in [0.05, 0.1) is 36.3 Å². The first-order valence-corrected chi connectivity index (χ1v) is 19.5. The molecule has 54 heavy (non-hydrogen) atoms. The van der Waals surface area contributed by atoms with Crippen molar-refractivity contribution in [2.45, 2.75) is 58.9 Å². The number of hydrogen-bond donors (Lipinski definition) is 2. The SMILES string of the molecule is CCOCCC(C)(C)NC(=O)c1ccc(COC(Cn2ccnc2)c2ccc(Cl)cc2Cl)cc1.CCOc1ccc2nc(-c3ccc(NC)cc3)sc2c1.